The van der Waals surface area contributed by atoms with Crippen molar-refractivity contribution in [3.63, 3.8) is 0 Å². The second kappa shape index (κ2) is 7.41. The molecule has 0 amide bonds. The van der Waals surface area contributed by atoms with E-state index in [1.54, 1.807) is 12.1 Å². The minimum atomic E-state index is -0.228. The van der Waals surface area contributed by atoms with Crippen LogP contribution in [0.4, 0.5) is 4.39 Å². The number of hydrogen-bond acceptors (Lipinski definition) is 1. The van der Waals surface area contributed by atoms with Gasteiger partial charge in [0.1, 0.15) is 5.82 Å². The van der Waals surface area contributed by atoms with E-state index >= 15 is 0 Å². The molecule has 0 saturated heterocycles. The zero-order chi connectivity index (χ0) is 14.4. The predicted molar refractivity (Wildman–Crippen MR) is 82.7 cm³/mol. The Hall–Kier alpha value is -1.38. The van der Waals surface area contributed by atoms with E-state index in [1.807, 2.05) is 18.2 Å². The first-order valence-corrected chi connectivity index (χ1v) is 7.28. The summed E-state index contributed by atoms with van der Waals surface area (Å²) in [5.74, 6) is -0.228. The molecule has 2 aromatic carbocycles. The molecule has 0 aromatic heterocycles. The molecular formula is C17H19ClFN. The van der Waals surface area contributed by atoms with Crippen LogP contribution < -0.4 is 5.32 Å². The molecule has 0 bridgehead atoms. The quantitative estimate of drug-likeness (QED) is 0.839. The molecule has 1 nitrogen and oxygen atoms in total. The highest BCUT2D eigenvalue weighted by Crippen LogP contribution is 2.21. The van der Waals surface area contributed by atoms with E-state index in [4.69, 9.17) is 11.6 Å². The average molecular weight is 292 g/mol. The lowest BCUT2D eigenvalue weighted by Crippen LogP contribution is -2.33. The van der Waals surface area contributed by atoms with Gasteiger partial charge in [0.25, 0.3) is 0 Å². The minimum absolute atomic E-state index is 0.178. The first-order valence-electron chi connectivity index (χ1n) is 6.91. The maximum Gasteiger partial charge on any atom is 0.127 e. The molecule has 20 heavy (non-hydrogen) atoms. The van der Waals surface area contributed by atoms with Gasteiger partial charge in [-0.2, -0.15) is 0 Å². The molecule has 0 fully saturated rings. The van der Waals surface area contributed by atoms with Crippen LogP contribution in [0.25, 0.3) is 0 Å². The van der Waals surface area contributed by atoms with Crippen LogP contribution in [0, 0.1) is 5.82 Å². The summed E-state index contributed by atoms with van der Waals surface area (Å²) >= 11 is 6.11. The van der Waals surface area contributed by atoms with Gasteiger partial charge in [-0.1, -0.05) is 54.9 Å². The monoisotopic (exact) mass is 291 g/mol. The van der Waals surface area contributed by atoms with Gasteiger partial charge in [0.05, 0.1) is 0 Å². The Morgan fingerprint density at radius 1 is 1.05 bits per heavy atom. The number of halogens is 2. The second-order valence-electron chi connectivity index (χ2n) is 4.85. The number of rotatable bonds is 6. The van der Waals surface area contributed by atoms with Crippen LogP contribution in [0.2, 0.25) is 5.02 Å². The maximum absolute atomic E-state index is 13.9. The lowest BCUT2D eigenvalue weighted by molar-refractivity contribution is 0.506. The second-order valence-corrected chi connectivity index (χ2v) is 5.26. The molecule has 0 radical (unpaired) electrons. The zero-order valence-corrected chi connectivity index (χ0v) is 12.3. The van der Waals surface area contributed by atoms with Crippen LogP contribution in [-0.4, -0.2) is 12.6 Å². The van der Waals surface area contributed by atoms with Gasteiger partial charge < -0.3 is 5.32 Å². The summed E-state index contributed by atoms with van der Waals surface area (Å²) in [4.78, 5) is 0. The summed E-state index contributed by atoms with van der Waals surface area (Å²) < 4.78 is 13.9. The molecule has 3 heteroatoms. The third kappa shape index (κ3) is 4.06. The summed E-state index contributed by atoms with van der Waals surface area (Å²) in [5.41, 5.74) is 1.84. The average Bonchev–Trinajstić information content (AvgIpc) is 2.44. The van der Waals surface area contributed by atoms with Crippen LogP contribution in [0.3, 0.4) is 0 Å². The van der Waals surface area contributed by atoms with Crippen LogP contribution in [0.5, 0.6) is 0 Å². The van der Waals surface area contributed by atoms with Gasteiger partial charge in [-0.15, -0.1) is 0 Å². The topological polar surface area (TPSA) is 12.0 Å². The fourth-order valence-electron chi connectivity index (χ4n) is 2.38. The number of hydrogen-bond donors (Lipinski definition) is 1. The zero-order valence-electron chi connectivity index (χ0n) is 11.6. The molecule has 0 spiro atoms. The van der Waals surface area contributed by atoms with E-state index in [1.165, 1.54) is 11.6 Å². The molecule has 1 atom stereocenters. The summed E-state index contributed by atoms with van der Waals surface area (Å²) in [6.45, 7) is 2.91. The number of likely N-dealkylation sites (N-methyl/N-ethyl adjacent to an activating group) is 1. The number of benzene rings is 2. The normalized spacial score (nSPS) is 12.3. The maximum atomic E-state index is 13.9. The lowest BCUT2D eigenvalue weighted by atomic mass is 9.98. The molecule has 1 unspecified atom stereocenters. The van der Waals surface area contributed by atoms with Crippen molar-refractivity contribution >= 4 is 11.6 Å². The van der Waals surface area contributed by atoms with Crippen molar-refractivity contribution in [2.24, 2.45) is 0 Å². The third-order valence-corrected chi connectivity index (χ3v) is 3.68. The van der Waals surface area contributed by atoms with E-state index in [0.29, 0.717) is 17.0 Å². The highest BCUT2D eigenvalue weighted by atomic mass is 35.5. The van der Waals surface area contributed by atoms with Gasteiger partial charge in [-0.05, 0) is 37.1 Å². The summed E-state index contributed by atoms with van der Waals surface area (Å²) in [7, 11) is 0. The van der Waals surface area contributed by atoms with Gasteiger partial charge >= 0.3 is 0 Å². The Morgan fingerprint density at radius 3 is 2.45 bits per heavy atom. The molecule has 1 N–H and O–H groups in total. The van der Waals surface area contributed by atoms with Crippen LogP contribution in [-0.2, 0) is 12.8 Å². The molecule has 106 valence electrons. The largest absolute Gasteiger partial charge is 0.314 e. The molecular weight excluding hydrogens is 273 g/mol. The molecule has 0 saturated carbocycles. The molecule has 0 heterocycles. The molecule has 2 rings (SSSR count). The van der Waals surface area contributed by atoms with Crippen molar-refractivity contribution < 1.29 is 4.39 Å². The SMILES string of the molecule is CCNC(Cc1ccccc1)Cc1c(F)cccc1Cl. The Kier molecular flexibility index (Phi) is 5.57. The van der Waals surface area contributed by atoms with E-state index < -0.39 is 0 Å². The van der Waals surface area contributed by atoms with Gasteiger partial charge in [-0.25, -0.2) is 4.39 Å². The fraction of sp³-hybridized carbons (Fsp3) is 0.294. The van der Waals surface area contributed by atoms with Crippen molar-refractivity contribution in [3.8, 4) is 0 Å². The third-order valence-electron chi connectivity index (χ3n) is 3.33. The Bertz CT molecular complexity index is 522. The van der Waals surface area contributed by atoms with Gasteiger partial charge in [0.15, 0.2) is 0 Å². The van der Waals surface area contributed by atoms with Crippen molar-refractivity contribution in [2.75, 3.05) is 6.54 Å². The predicted octanol–water partition coefficient (Wildman–Crippen LogP) is 4.24. The van der Waals surface area contributed by atoms with E-state index in [2.05, 4.69) is 24.4 Å². The highest BCUT2D eigenvalue weighted by molar-refractivity contribution is 6.31. The van der Waals surface area contributed by atoms with Gasteiger partial charge in [-0.3, -0.25) is 0 Å². The fourth-order valence-corrected chi connectivity index (χ4v) is 2.62. The first kappa shape index (κ1) is 15.0. The molecule has 0 aliphatic heterocycles. The van der Waals surface area contributed by atoms with E-state index in [9.17, 15) is 4.39 Å². The minimum Gasteiger partial charge on any atom is -0.314 e. The molecule has 0 aliphatic carbocycles. The highest BCUT2D eigenvalue weighted by Gasteiger charge is 2.14. The van der Waals surface area contributed by atoms with E-state index in [-0.39, 0.29) is 11.9 Å². The number of nitrogens with one attached hydrogen (secondary N) is 1. The Morgan fingerprint density at radius 2 is 1.80 bits per heavy atom. The lowest BCUT2D eigenvalue weighted by Gasteiger charge is -2.19. The molecule has 0 aliphatic rings. The van der Waals surface area contributed by atoms with Crippen molar-refractivity contribution in [1.29, 1.82) is 0 Å². The summed E-state index contributed by atoms with van der Waals surface area (Å²) in [6.07, 6.45) is 1.45. The smallest absolute Gasteiger partial charge is 0.127 e. The van der Waals surface area contributed by atoms with Crippen molar-refractivity contribution in [3.05, 3.63) is 70.5 Å². The van der Waals surface area contributed by atoms with Crippen molar-refractivity contribution in [2.45, 2.75) is 25.8 Å². The van der Waals surface area contributed by atoms with E-state index in [0.717, 1.165) is 13.0 Å². The van der Waals surface area contributed by atoms with Crippen LogP contribution in [0.15, 0.2) is 48.5 Å². The van der Waals surface area contributed by atoms with Crippen LogP contribution >= 0.6 is 11.6 Å². The van der Waals surface area contributed by atoms with Gasteiger partial charge in [0, 0.05) is 16.6 Å². The summed E-state index contributed by atoms with van der Waals surface area (Å²) in [6, 6.07) is 15.2. The van der Waals surface area contributed by atoms with Crippen LogP contribution in [0.1, 0.15) is 18.1 Å². The standard InChI is InChI=1S/C17H19ClFN/c1-2-20-14(11-13-7-4-3-5-8-13)12-15-16(18)9-6-10-17(15)19/h3-10,14,20H,2,11-12H2,1H3. The Balaban J connectivity index is 2.13. The van der Waals surface area contributed by atoms with Gasteiger partial charge in [0.2, 0.25) is 0 Å². The van der Waals surface area contributed by atoms with Crippen molar-refractivity contribution in [1.82, 2.24) is 5.32 Å². The molecule has 2 aromatic rings. The Labute approximate surface area is 124 Å². The summed E-state index contributed by atoms with van der Waals surface area (Å²) in [5, 5.41) is 3.91. The first-order chi connectivity index (χ1) is 9.70.